The zero-order valence-electron chi connectivity index (χ0n) is 22.9. The molecule has 1 amide bonds. The molecule has 3 rings (SSSR count). The Balaban J connectivity index is 2.03. The number of carbonyl (C=O) groups is 3. The van der Waals surface area contributed by atoms with Gasteiger partial charge in [0, 0.05) is 18.0 Å². The molecule has 0 aliphatic carbocycles. The summed E-state index contributed by atoms with van der Waals surface area (Å²) < 4.78 is 17.4. The largest absolute Gasteiger partial charge is 0.469 e. The van der Waals surface area contributed by atoms with Gasteiger partial charge < -0.3 is 14.2 Å². The Morgan fingerprint density at radius 2 is 1.51 bits per heavy atom. The van der Waals surface area contributed by atoms with Crippen LogP contribution in [0, 0.1) is 10.1 Å². The molecule has 39 heavy (non-hydrogen) atoms. The van der Waals surface area contributed by atoms with Gasteiger partial charge in [-0.05, 0) is 63.7 Å². The Morgan fingerprint density at radius 1 is 0.923 bits per heavy atom. The average Bonchev–Trinajstić information content (AvgIpc) is 3.19. The van der Waals surface area contributed by atoms with Crippen molar-refractivity contribution < 1.29 is 33.6 Å². The van der Waals surface area contributed by atoms with Crippen LogP contribution in [0.5, 0.6) is 0 Å². The number of amides is 1. The molecule has 11 heteroatoms. The van der Waals surface area contributed by atoms with Crippen molar-refractivity contribution in [3.05, 3.63) is 82.0 Å². The standard InChI is InChI=1S/C28H33N3O8/c1-27(2,3)38-25(33)29-17-20(21-14-10-11-15-22(21)29)16-23(24(32)37-18-19-12-8-7-9-13-19)30(31(35)36)26(34)39-28(4,5)6/h7-15,17,23H,16,18H2,1-6H3. The van der Waals surface area contributed by atoms with Gasteiger partial charge in [-0.25, -0.2) is 24.5 Å². The van der Waals surface area contributed by atoms with Crippen LogP contribution in [-0.2, 0) is 32.0 Å². The van der Waals surface area contributed by atoms with E-state index in [-0.39, 0.29) is 18.0 Å². The van der Waals surface area contributed by atoms with E-state index < -0.39 is 40.4 Å². The zero-order chi connectivity index (χ0) is 29.0. The maximum absolute atomic E-state index is 13.3. The maximum atomic E-state index is 13.3. The lowest BCUT2D eigenvalue weighted by molar-refractivity contribution is -0.641. The Labute approximate surface area is 226 Å². The van der Waals surface area contributed by atoms with E-state index in [0.29, 0.717) is 22.0 Å². The quantitative estimate of drug-likeness (QED) is 0.166. The molecule has 11 nitrogen and oxygen atoms in total. The highest BCUT2D eigenvalue weighted by atomic mass is 16.7. The van der Waals surface area contributed by atoms with Crippen LogP contribution >= 0.6 is 0 Å². The molecular weight excluding hydrogens is 506 g/mol. The summed E-state index contributed by atoms with van der Waals surface area (Å²) in [5.74, 6) is -1.00. The van der Waals surface area contributed by atoms with Crippen molar-refractivity contribution in [1.29, 1.82) is 0 Å². The van der Waals surface area contributed by atoms with Gasteiger partial charge in [0.1, 0.15) is 17.8 Å². The number of fused-ring (bicyclic) bond motifs is 1. The van der Waals surface area contributed by atoms with Gasteiger partial charge in [0.15, 0.2) is 5.03 Å². The number of carbonyl (C=O) groups excluding carboxylic acids is 3. The van der Waals surface area contributed by atoms with E-state index in [1.807, 2.05) is 0 Å². The molecule has 1 unspecified atom stereocenters. The van der Waals surface area contributed by atoms with Crippen molar-refractivity contribution in [3.63, 3.8) is 0 Å². The summed E-state index contributed by atoms with van der Waals surface area (Å²) in [5.41, 5.74) is -0.296. The first-order chi connectivity index (χ1) is 18.2. The van der Waals surface area contributed by atoms with Crippen molar-refractivity contribution >= 4 is 29.1 Å². The van der Waals surface area contributed by atoms with E-state index >= 15 is 0 Å². The molecular formula is C28H33N3O8. The number of aromatic nitrogens is 1. The van der Waals surface area contributed by atoms with Crippen LogP contribution in [0.2, 0.25) is 0 Å². The van der Waals surface area contributed by atoms with Crippen LogP contribution in [0.4, 0.5) is 9.59 Å². The van der Waals surface area contributed by atoms with Crippen molar-refractivity contribution in [1.82, 2.24) is 9.58 Å². The third-order valence-electron chi connectivity index (χ3n) is 5.35. The van der Waals surface area contributed by atoms with E-state index in [1.165, 1.54) is 10.8 Å². The van der Waals surface area contributed by atoms with E-state index in [2.05, 4.69) is 0 Å². The highest BCUT2D eigenvalue weighted by molar-refractivity contribution is 5.92. The highest BCUT2D eigenvalue weighted by Gasteiger charge is 2.43. The second-order valence-electron chi connectivity index (χ2n) is 10.9. The monoisotopic (exact) mass is 539 g/mol. The summed E-state index contributed by atoms with van der Waals surface area (Å²) in [6, 6.07) is 13.9. The van der Waals surface area contributed by atoms with Crippen molar-refractivity contribution in [2.75, 3.05) is 0 Å². The minimum atomic E-state index is -1.70. The SMILES string of the molecule is CC(C)(C)OC(=O)N(C(Cc1cn(C(=O)OC(C)(C)C)c2ccccc12)C(=O)OCc1ccccc1)[N+](=O)[O-]. The van der Waals surface area contributed by atoms with Gasteiger partial charge in [-0.15, -0.1) is 0 Å². The Morgan fingerprint density at radius 3 is 2.10 bits per heavy atom. The lowest BCUT2D eigenvalue weighted by Gasteiger charge is -2.25. The zero-order valence-corrected chi connectivity index (χ0v) is 22.9. The number of ether oxygens (including phenoxy) is 3. The molecule has 1 atom stereocenters. The third kappa shape index (κ3) is 7.79. The first-order valence-electron chi connectivity index (χ1n) is 12.4. The summed E-state index contributed by atoms with van der Waals surface area (Å²) in [4.78, 5) is 51.3. The lowest BCUT2D eigenvalue weighted by atomic mass is 10.0. The Kier molecular flexibility index (Phi) is 8.63. The van der Waals surface area contributed by atoms with Crippen LogP contribution in [0.25, 0.3) is 10.9 Å². The summed E-state index contributed by atoms with van der Waals surface area (Å²) >= 11 is 0. The van der Waals surface area contributed by atoms with E-state index in [9.17, 15) is 24.5 Å². The first-order valence-corrected chi connectivity index (χ1v) is 12.4. The van der Waals surface area contributed by atoms with Gasteiger partial charge in [-0.3, -0.25) is 4.57 Å². The molecule has 208 valence electrons. The number of hydrazine groups is 1. The normalized spacial score (nSPS) is 12.5. The number of rotatable bonds is 7. The summed E-state index contributed by atoms with van der Waals surface area (Å²) in [7, 11) is 0. The number of hydrogen-bond donors (Lipinski definition) is 0. The number of nitrogens with zero attached hydrogens (tertiary/aromatic N) is 3. The van der Waals surface area contributed by atoms with Gasteiger partial charge in [-0.1, -0.05) is 48.5 Å². The fraction of sp³-hybridized carbons (Fsp3) is 0.393. The molecule has 0 N–H and O–H groups in total. The van der Waals surface area contributed by atoms with Crippen LogP contribution in [0.1, 0.15) is 52.7 Å². The molecule has 0 spiro atoms. The topological polar surface area (TPSA) is 130 Å². The third-order valence-corrected chi connectivity index (χ3v) is 5.35. The van der Waals surface area contributed by atoms with Gasteiger partial charge in [0.05, 0.1) is 5.52 Å². The Hall–Kier alpha value is -4.41. The van der Waals surface area contributed by atoms with E-state index in [0.717, 1.165) is 0 Å². The summed E-state index contributed by atoms with van der Waals surface area (Å²) in [6.07, 6.45) is -0.857. The minimum absolute atomic E-state index is 0.137. The smallest absolute Gasteiger partial charge is 0.459 e. The van der Waals surface area contributed by atoms with E-state index in [4.69, 9.17) is 14.2 Å². The molecule has 0 fully saturated rings. The molecule has 0 radical (unpaired) electrons. The second kappa shape index (κ2) is 11.5. The Bertz CT molecular complexity index is 1350. The fourth-order valence-corrected chi connectivity index (χ4v) is 3.79. The first kappa shape index (κ1) is 29.2. The molecule has 0 saturated heterocycles. The number of benzene rings is 2. The summed E-state index contributed by atoms with van der Waals surface area (Å²) in [5, 5.41) is 11.8. The number of esters is 1. The molecule has 2 aromatic carbocycles. The van der Waals surface area contributed by atoms with Crippen LogP contribution in [0.15, 0.2) is 60.8 Å². The van der Waals surface area contributed by atoms with Crippen LogP contribution in [0.3, 0.4) is 0 Å². The van der Waals surface area contributed by atoms with Gasteiger partial charge in [0.25, 0.3) is 0 Å². The van der Waals surface area contributed by atoms with Crippen molar-refractivity contribution in [2.24, 2.45) is 0 Å². The number of para-hydroxylation sites is 1. The minimum Gasteiger partial charge on any atom is -0.459 e. The van der Waals surface area contributed by atoms with E-state index in [1.54, 1.807) is 96.1 Å². The number of hydrogen-bond acceptors (Lipinski definition) is 8. The summed E-state index contributed by atoms with van der Waals surface area (Å²) in [6.45, 7) is 9.69. The lowest BCUT2D eigenvalue weighted by Crippen LogP contribution is -2.51. The van der Waals surface area contributed by atoms with Crippen LogP contribution in [-0.4, -0.2) is 50.0 Å². The predicted octanol–water partition coefficient (Wildman–Crippen LogP) is 5.51. The molecule has 3 aromatic rings. The average molecular weight is 540 g/mol. The number of nitro groups is 1. The molecule has 0 bridgehead atoms. The molecule has 0 aliphatic rings. The predicted molar refractivity (Wildman–Crippen MR) is 142 cm³/mol. The molecule has 0 aliphatic heterocycles. The molecule has 0 saturated carbocycles. The van der Waals surface area contributed by atoms with Gasteiger partial charge in [-0.2, -0.15) is 0 Å². The second-order valence-corrected chi connectivity index (χ2v) is 10.9. The van der Waals surface area contributed by atoms with Gasteiger partial charge >= 0.3 is 18.2 Å². The van der Waals surface area contributed by atoms with Crippen LogP contribution < -0.4 is 0 Å². The fourth-order valence-electron chi connectivity index (χ4n) is 3.79. The van der Waals surface area contributed by atoms with Crippen molar-refractivity contribution in [2.45, 2.75) is 71.8 Å². The highest BCUT2D eigenvalue weighted by Crippen LogP contribution is 2.26. The van der Waals surface area contributed by atoms with Gasteiger partial charge in [0.2, 0.25) is 6.04 Å². The van der Waals surface area contributed by atoms with Crippen molar-refractivity contribution in [3.8, 4) is 0 Å². The molecule has 1 heterocycles. The maximum Gasteiger partial charge on any atom is 0.469 e. The molecule has 1 aromatic heterocycles.